The van der Waals surface area contributed by atoms with Gasteiger partial charge in [-0.05, 0) is 28.1 Å². The first kappa shape index (κ1) is 18.4. The lowest BCUT2D eigenvalue weighted by molar-refractivity contribution is -0.676. The minimum atomic E-state index is -0.856. The molecular weight excluding hydrogens is 447 g/mol. The van der Waals surface area contributed by atoms with E-state index in [0.717, 1.165) is 13.1 Å². The van der Waals surface area contributed by atoms with Crippen molar-refractivity contribution < 1.29 is 27.6 Å². The summed E-state index contributed by atoms with van der Waals surface area (Å²) in [4.78, 5) is 11.2. The van der Waals surface area contributed by atoms with E-state index in [1.807, 2.05) is 0 Å². The van der Waals surface area contributed by atoms with Crippen LogP contribution in [0.3, 0.4) is 0 Å². The van der Waals surface area contributed by atoms with Gasteiger partial charge in [-0.25, -0.2) is 0 Å². The summed E-state index contributed by atoms with van der Waals surface area (Å²) in [6.45, 7) is 2.28. The normalized spacial score (nSPS) is 17.3. The van der Waals surface area contributed by atoms with Crippen LogP contribution in [0.15, 0.2) is 45.3 Å². The van der Waals surface area contributed by atoms with Gasteiger partial charge in [0.1, 0.15) is 13.1 Å². The van der Waals surface area contributed by atoms with E-state index in [2.05, 4.69) is 60.7 Å². The highest BCUT2D eigenvalue weighted by atomic mass is 79.9. The molecule has 0 aliphatic carbocycles. The first-order valence-corrected chi connectivity index (χ1v) is 8.52. The number of fused-ring (bicyclic) bond motifs is 2. The summed E-state index contributed by atoms with van der Waals surface area (Å²) in [6.07, 6.45) is -0.856. The fourth-order valence-corrected chi connectivity index (χ4v) is 3.81. The standard InChI is InChI=1S/C8H6BrNO2.C8H8BrN.ClH/c9-5-3-1-2-4-6(5)8(12)10-7(4)11;9-8-3-1-2-6-4-10-5-7(6)8;/h1-3,7,11H,(H,10,12);1-3,10H,4-5H2;1H. The number of nitrogens with two attached hydrogens (primary N) is 1. The van der Waals surface area contributed by atoms with Gasteiger partial charge in [0.25, 0.3) is 5.91 Å². The molecule has 4 rings (SSSR count). The van der Waals surface area contributed by atoms with E-state index >= 15 is 0 Å². The minimum Gasteiger partial charge on any atom is -1.00 e. The lowest BCUT2D eigenvalue weighted by Gasteiger charge is -2.01. The molecule has 122 valence electrons. The third kappa shape index (κ3) is 3.78. The molecular formula is C16H15Br2ClN2O2. The lowest BCUT2D eigenvalue weighted by atomic mass is 10.1. The van der Waals surface area contributed by atoms with Crippen molar-refractivity contribution in [2.45, 2.75) is 19.3 Å². The number of amides is 1. The summed E-state index contributed by atoms with van der Waals surface area (Å²) in [7, 11) is 0. The molecule has 1 amide bonds. The summed E-state index contributed by atoms with van der Waals surface area (Å²) in [5.74, 6) is -0.232. The van der Waals surface area contributed by atoms with Crippen LogP contribution in [0.1, 0.15) is 33.3 Å². The number of aliphatic hydroxyl groups excluding tert-OH is 1. The average Bonchev–Trinajstić information content (AvgIpc) is 3.07. The highest BCUT2D eigenvalue weighted by Gasteiger charge is 2.28. The van der Waals surface area contributed by atoms with Gasteiger partial charge in [-0.2, -0.15) is 0 Å². The van der Waals surface area contributed by atoms with Crippen molar-refractivity contribution in [1.82, 2.24) is 5.32 Å². The predicted octanol–water partition coefficient (Wildman–Crippen LogP) is -0.786. The van der Waals surface area contributed by atoms with Crippen LogP contribution >= 0.6 is 31.9 Å². The number of benzene rings is 2. The molecule has 0 saturated heterocycles. The number of carbonyl (C=O) groups excluding carboxylic acids is 1. The maximum absolute atomic E-state index is 11.2. The highest BCUT2D eigenvalue weighted by molar-refractivity contribution is 9.10. The molecule has 0 bridgehead atoms. The number of hydrogen-bond acceptors (Lipinski definition) is 2. The molecule has 2 aromatic rings. The van der Waals surface area contributed by atoms with Crippen molar-refractivity contribution in [3.8, 4) is 0 Å². The highest BCUT2D eigenvalue weighted by Crippen LogP contribution is 2.29. The van der Waals surface area contributed by atoms with Crippen LogP contribution in [0, 0.1) is 0 Å². The van der Waals surface area contributed by atoms with Crippen LogP contribution in [0.5, 0.6) is 0 Å². The largest absolute Gasteiger partial charge is 1.00 e. The van der Waals surface area contributed by atoms with Gasteiger partial charge in [-0.3, -0.25) is 4.79 Å². The van der Waals surface area contributed by atoms with Crippen LogP contribution < -0.4 is 23.0 Å². The Kier molecular flexibility index (Phi) is 6.22. The van der Waals surface area contributed by atoms with Crippen molar-refractivity contribution in [1.29, 1.82) is 0 Å². The third-order valence-electron chi connectivity index (χ3n) is 3.76. The summed E-state index contributed by atoms with van der Waals surface area (Å²) in [5, 5.41) is 14.0. The molecule has 4 nitrogen and oxygen atoms in total. The monoisotopic (exact) mass is 460 g/mol. The van der Waals surface area contributed by atoms with Crippen molar-refractivity contribution in [2.24, 2.45) is 0 Å². The van der Waals surface area contributed by atoms with E-state index in [9.17, 15) is 9.90 Å². The van der Waals surface area contributed by atoms with Crippen LogP contribution in [-0.2, 0) is 13.1 Å². The molecule has 2 aliphatic heterocycles. The lowest BCUT2D eigenvalue weighted by Crippen LogP contribution is -3.00. The Bertz CT molecular complexity index is 740. The number of hydrogen-bond donors (Lipinski definition) is 3. The molecule has 0 radical (unpaired) electrons. The molecule has 0 aromatic heterocycles. The number of quaternary nitrogens is 1. The topological polar surface area (TPSA) is 65.9 Å². The fraction of sp³-hybridized carbons (Fsp3) is 0.188. The van der Waals surface area contributed by atoms with Crippen LogP contribution in [-0.4, -0.2) is 11.0 Å². The SMILES string of the molecule is Brc1cccc2c1C[NH2+]C2.O=C1NC(O)c2cccc(Br)c21.[Cl-]. The van der Waals surface area contributed by atoms with Gasteiger partial charge in [0.05, 0.1) is 5.56 Å². The number of aliphatic hydroxyl groups is 1. The molecule has 1 unspecified atom stereocenters. The zero-order valence-corrected chi connectivity index (χ0v) is 16.0. The molecule has 0 saturated carbocycles. The third-order valence-corrected chi connectivity index (χ3v) is 5.17. The van der Waals surface area contributed by atoms with E-state index in [1.54, 1.807) is 18.2 Å². The molecule has 2 heterocycles. The predicted molar refractivity (Wildman–Crippen MR) is 90.0 cm³/mol. The van der Waals surface area contributed by atoms with Gasteiger partial charge in [-0.1, -0.05) is 40.2 Å². The Labute approximate surface area is 157 Å². The molecule has 2 aliphatic rings. The zero-order valence-electron chi connectivity index (χ0n) is 12.0. The van der Waals surface area contributed by atoms with Crippen molar-refractivity contribution in [3.63, 3.8) is 0 Å². The quantitative estimate of drug-likeness (QED) is 0.481. The number of halogens is 3. The second kappa shape index (κ2) is 7.77. The van der Waals surface area contributed by atoms with Gasteiger partial charge < -0.3 is 28.1 Å². The van der Waals surface area contributed by atoms with Crippen molar-refractivity contribution in [2.75, 3.05) is 0 Å². The van der Waals surface area contributed by atoms with E-state index < -0.39 is 6.23 Å². The summed E-state index contributed by atoms with van der Waals surface area (Å²) < 4.78 is 1.98. The van der Waals surface area contributed by atoms with Crippen LogP contribution in [0.4, 0.5) is 0 Å². The fourth-order valence-electron chi connectivity index (χ4n) is 2.68. The van der Waals surface area contributed by atoms with Crippen LogP contribution in [0.25, 0.3) is 0 Å². The van der Waals surface area contributed by atoms with Gasteiger partial charge >= 0.3 is 0 Å². The average molecular weight is 463 g/mol. The molecule has 7 heteroatoms. The Balaban J connectivity index is 0.000000162. The summed E-state index contributed by atoms with van der Waals surface area (Å²) in [5.41, 5.74) is 4.12. The summed E-state index contributed by atoms with van der Waals surface area (Å²) >= 11 is 6.77. The van der Waals surface area contributed by atoms with Gasteiger partial charge in [-0.15, -0.1) is 0 Å². The zero-order chi connectivity index (χ0) is 15.7. The smallest absolute Gasteiger partial charge is 0.255 e. The molecule has 23 heavy (non-hydrogen) atoms. The van der Waals surface area contributed by atoms with Gasteiger partial charge in [0, 0.05) is 25.6 Å². The van der Waals surface area contributed by atoms with Crippen molar-refractivity contribution in [3.05, 3.63) is 67.6 Å². The molecule has 2 aromatic carbocycles. The number of nitrogens with one attached hydrogen (secondary N) is 1. The molecule has 4 N–H and O–H groups in total. The van der Waals surface area contributed by atoms with E-state index in [0.29, 0.717) is 15.6 Å². The Morgan fingerprint density at radius 1 is 1.09 bits per heavy atom. The van der Waals surface area contributed by atoms with Crippen molar-refractivity contribution >= 4 is 37.8 Å². The van der Waals surface area contributed by atoms with E-state index in [4.69, 9.17) is 0 Å². The van der Waals surface area contributed by atoms with Gasteiger partial charge in [0.2, 0.25) is 0 Å². The first-order chi connectivity index (χ1) is 10.6. The minimum absolute atomic E-state index is 0. The molecule has 0 fully saturated rings. The Morgan fingerprint density at radius 2 is 1.78 bits per heavy atom. The number of carbonyl (C=O) groups is 1. The van der Waals surface area contributed by atoms with E-state index in [-0.39, 0.29) is 18.3 Å². The number of rotatable bonds is 0. The second-order valence-electron chi connectivity index (χ2n) is 5.15. The molecule has 1 atom stereocenters. The summed E-state index contributed by atoms with van der Waals surface area (Å²) in [6, 6.07) is 11.7. The Hall–Kier alpha value is -0.920. The maximum Gasteiger partial charge on any atom is 0.255 e. The Morgan fingerprint density at radius 3 is 2.48 bits per heavy atom. The molecule has 0 spiro atoms. The second-order valence-corrected chi connectivity index (χ2v) is 6.86. The maximum atomic E-state index is 11.2. The first-order valence-electron chi connectivity index (χ1n) is 6.93. The van der Waals surface area contributed by atoms with Gasteiger partial charge in [0.15, 0.2) is 6.23 Å². The van der Waals surface area contributed by atoms with Crippen LogP contribution in [0.2, 0.25) is 0 Å². The van der Waals surface area contributed by atoms with E-state index in [1.165, 1.54) is 15.6 Å².